The predicted molar refractivity (Wildman–Crippen MR) is 96.7 cm³/mol. The maximum absolute atomic E-state index is 12.1. The van der Waals surface area contributed by atoms with Gasteiger partial charge in [-0.25, -0.2) is 4.79 Å². The third-order valence-corrected chi connectivity index (χ3v) is 4.11. The molecule has 0 saturated heterocycles. The summed E-state index contributed by atoms with van der Waals surface area (Å²) in [6.07, 6.45) is 0.722. The van der Waals surface area contributed by atoms with Crippen LogP contribution in [0.1, 0.15) is 35.0 Å². The molecule has 11 heteroatoms. The number of carbonyl (C=O) groups is 2. The molecule has 2 aromatic heterocycles. The van der Waals surface area contributed by atoms with Crippen molar-refractivity contribution in [3.63, 3.8) is 0 Å². The maximum Gasteiger partial charge on any atom is 0.401 e. The molecule has 0 aliphatic heterocycles. The topological polar surface area (TPSA) is 117 Å². The lowest BCUT2D eigenvalue weighted by molar-refractivity contribution is -0.134. The Morgan fingerprint density at radius 1 is 1.28 bits per heavy atom. The van der Waals surface area contributed by atoms with Gasteiger partial charge in [-0.2, -0.15) is 18.3 Å². The minimum Gasteiger partial charge on any atom is -0.481 e. The van der Waals surface area contributed by atoms with Crippen molar-refractivity contribution in [2.45, 2.75) is 38.9 Å². The molecule has 158 valence electrons. The molecule has 0 fully saturated rings. The minimum absolute atomic E-state index is 0.119. The number of aromatic carboxylic acids is 1. The molecule has 1 aliphatic rings. The molecule has 0 unspecified atom stereocenters. The van der Waals surface area contributed by atoms with E-state index in [1.165, 1.54) is 4.68 Å². The average molecular weight is 414 g/mol. The molecule has 3 rings (SSSR count). The molecule has 0 atom stereocenters. The quantitative estimate of drug-likeness (QED) is 0.621. The Morgan fingerprint density at radius 3 is 2.59 bits per heavy atom. The fourth-order valence-electron chi connectivity index (χ4n) is 3.05. The van der Waals surface area contributed by atoms with Gasteiger partial charge in [-0.3, -0.25) is 14.5 Å². The smallest absolute Gasteiger partial charge is 0.401 e. The molecule has 0 aromatic carbocycles. The molecule has 0 spiro atoms. The largest absolute Gasteiger partial charge is 0.481 e. The Morgan fingerprint density at radius 2 is 1.97 bits per heavy atom. The Labute approximate surface area is 164 Å². The zero-order valence-corrected chi connectivity index (χ0v) is 15.7. The summed E-state index contributed by atoms with van der Waals surface area (Å²) in [5, 5.41) is 23.7. The third kappa shape index (κ3) is 6.28. The van der Waals surface area contributed by atoms with Crippen molar-refractivity contribution in [2.75, 3.05) is 13.1 Å². The van der Waals surface area contributed by atoms with Crippen LogP contribution in [0.25, 0.3) is 11.3 Å². The van der Waals surface area contributed by atoms with Gasteiger partial charge < -0.3 is 15.5 Å². The Kier molecular flexibility index (Phi) is 7.32. The van der Waals surface area contributed by atoms with Crippen LogP contribution >= 0.6 is 0 Å². The van der Waals surface area contributed by atoms with E-state index in [-0.39, 0.29) is 18.8 Å². The summed E-state index contributed by atoms with van der Waals surface area (Å²) in [5.41, 5.74) is 3.31. The van der Waals surface area contributed by atoms with Crippen LogP contribution in [0.15, 0.2) is 18.5 Å². The lowest BCUT2D eigenvalue weighted by Crippen LogP contribution is -2.30. The summed E-state index contributed by atoms with van der Waals surface area (Å²) in [4.78, 5) is 24.7. The highest BCUT2D eigenvalue weighted by Crippen LogP contribution is 2.34. The summed E-state index contributed by atoms with van der Waals surface area (Å²) in [7, 11) is 0. The van der Waals surface area contributed by atoms with E-state index in [9.17, 15) is 23.1 Å². The molecule has 0 amide bonds. The van der Waals surface area contributed by atoms with E-state index in [4.69, 9.17) is 9.90 Å². The normalized spacial score (nSPS) is 12.4. The van der Waals surface area contributed by atoms with Crippen LogP contribution < -0.4 is 5.32 Å². The van der Waals surface area contributed by atoms with Crippen molar-refractivity contribution in [3.8, 4) is 11.3 Å². The molecular weight excluding hydrogens is 393 g/mol. The van der Waals surface area contributed by atoms with Crippen molar-refractivity contribution < 1.29 is 33.0 Å². The second-order valence-electron chi connectivity index (χ2n) is 6.40. The molecule has 29 heavy (non-hydrogen) atoms. The molecule has 1 aliphatic carbocycles. The number of aromatic nitrogens is 3. The van der Waals surface area contributed by atoms with E-state index in [0.717, 1.165) is 18.1 Å². The van der Waals surface area contributed by atoms with Crippen LogP contribution in [0.2, 0.25) is 0 Å². The summed E-state index contributed by atoms with van der Waals surface area (Å²) in [5.74, 6) is -1.91. The van der Waals surface area contributed by atoms with Crippen molar-refractivity contribution in [2.24, 2.45) is 0 Å². The summed E-state index contributed by atoms with van der Waals surface area (Å²) in [6, 6.07) is 1.81. The Hall–Kier alpha value is -2.95. The van der Waals surface area contributed by atoms with Crippen LogP contribution in [0.3, 0.4) is 0 Å². The number of pyridine rings is 1. The highest BCUT2D eigenvalue weighted by Gasteiger charge is 2.28. The highest BCUT2D eigenvalue weighted by molar-refractivity contribution is 5.90. The molecule has 0 bridgehead atoms. The van der Waals surface area contributed by atoms with Gasteiger partial charge in [-0.1, -0.05) is 0 Å². The highest BCUT2D eigenvalue weighted by atomic mass is 19.4. The van der Waals surface area contributed by atoms with E-state index in [2.05, 4.69) is 15.4 Å². The standard InChI is InChI=1S/C16H17F3N4O2.C2H4O2/c17-16(18,19)9-21-5-1-7-23-14(15(24)25)12-3-2-10-8-20-6-4-11(10)13(12)22-23;1-2(3)4/h4,6,8,21H,1-3,5,7,9H2,(H,24,25);1H3,(H,3,4). The SMILES string of the molecule is CC(=O)O.O=C(O)c1c2c(nn1CCCNCC(F)(F)F)-c1ccncc1CC2. The number of rotatable bonds is 6. The van der Waals surface area contributed by atoms with Gasteiger partial charge in [-0.15, -0.1) is 0 Å². The monoisotopic (exact) mass is 414 g/mol. The molecule has 2 aromatic rings. The number of aryl methyl sites for hydroxylation is 2. The first-order valence-corrected chi connectivity index (χ1v) is 8.83. The van der Waals surface area contributed by atoms with Gasteiger partial charge >= 0.3 is 12.1 Å². The van der Waals surface area contributed by atoms with E-state index >= 15 is 0 Å². The number of halogens is 3. The van der Waals surface area contributed by atoms with Gasteiger partial charge in [-0.05, 0) is 37.4 Å². The van der Waals surface area contributed by atoms with Crippen molar-refractivity contribution in [1.82, 2.24) is 20.1 Å². The van der Waals surface area contributed by atoms with Crippen LogP contribution in [-0.2, 0) is 24.2 Å². The van der Waals surface area contributed by atoms with E-state index < -0.39 is 24.7 Å². The summed E-state index contributed by atoms with van der Waals surface area (Å²) >= 11 is 0. The van der Waals surface area contributed by atoms with Crippen LogP contribution in [-0.4, -0.2) is 56.2 Å². The van der Waals surface area contributed by atoms with Crippen molar-refractivity contribution in [3.05, 3.63) is 35.3 Å². The van der Waals surface area contributed by atoms with Crippen LogP contribution in [0.4, 0.5) is 13.2 Å². The number of alkyl halides is 3. The zero-order valence-electron chi connectivity index (χ0n) is 15.7. The van der Waals surface area contributed by atoms with Gasteiger partial charge in [0.15, 0.2) is 0 Å². The number of hydrogen-bond acceptors (Lipinski definition) is 5. The molecule has 2 heterocycles. The number of nitrogens with one attached hydrogen (secondary N) is 1. The molecule has 0 saturated carbocycles. The number of nitrogens with zero attached hydrogens (tertiary/aromatic N) is 3. The second-order valence-corrected chi connectivity index (χ2v) is 6.40. The fourth-order valence-corrected chi connectivity index (χ4v) is 3.05. The number of carboxylic acids is 2. The first-order valence-electron chi connectivity index (χ1n) is 8.83. The van der Waals surface area contributed by atoms with Crippen LogP contribution in [0, 0.1) is 0 Å². The van der Waals surface area contributed by atoms with Gasteiger partial charge in [0.25, 0.3) is 5.97 Å². The van der Waals surface area contributed by atoms with Gasteiger partial charge in [0.2, 0.25) is 0 Å². The number of carboxylic acid groups (broad SMARTS) is 2. The first kappa shape index (κ1) is 22.3. The lowest BCUT2D eigenvalue weighted by Gasteiger charge is -2.14. The Balaban J connectivity index is 0.000000687. The minimum atomic E-state index is -4.26. The molecule has 3 N–H and O–H groups in total. The fraction of sp³-hybridized carbons (Fsp3) is 0.444. The second kappa shape index (κ2) is 9.50. The molecule has 0 radical (unpaired) electrons. The summed E-state index contributed by atoms with van der Waals surface area (Å²) in [6.45, 7) is 0.387. The Bertz CT molecular complexity index is 876. The van der Waals surface area contributed by atoms with Gasteiger partial charge in [0.05, 0.1) is 12.2 Å². The van der Waals surface area contributed by atoms with Crippen LogP contribution in [0.5, 0.6) is 0 Å². The van der Waals surface area contributed by atoms with E-state index in [0.29, 0.717) is 30.5 Å². The zero-order chi connectivity index (χ0) is 21.6. The average Bonchev–Trinajstić information content (AvgIpc) is 2.99. The molecule has 8 nitrogen and oxygen atoms in total. The number of aliphatic carboxylic acids is 1. The maximum atomic E-state index is 12.1. The van der Waals surface area contributed by atoms with Gasteiger partial charge in [0, 0.05) is 37.0 Å². The number of fused-ring (bicyclic) bond motifs is 3. The predicted octanol–water partition coefficient (Wildman–Crippen LogP) is 2.37. The summed E-state index contributed by atoms with van der Waals surface area (Å²) < 4.78 is 37.7. The van der Waals surface area contributed by atoms with Gasteiger partial charge in [0.1, 0.15) is 5.69 Å². The lowest BCUT2D eigenvalue weighted by atomic mass is 9.90. The first-order chi connectivity index (χ1) is 13.6. The third-order valence-electron chi connectivity index (χ3n) is 4.11. The molecular formula is C18H21F3N4O4. The number of hydrogen-bond donors (Lipinski definition) is 3. The van der Waals surface area contributed by atoms with Crippen molar-refractivity contribution >= 4 is 11.9 Å². The van der Waals surface area contributed by atoms with E-state index in [1.54, 1.807) is 18.5 Å². The van der Waals surface area contributed by atoms with Crippen molar-refractivity contribution in [1.29, 1.82) is 0 Å². The van der Waals surface area contributed by atoms with E-state index in [1.807, 2.05) is 0 Å².